The molecule has 31 heavy (non-hydrogen) atoms. The molecule has 1 fully saturated rings. The van der Waals surface area contributed by atoms with E-state index >= 15 is 0 Å². The molecule has 0 spiro atoms. The number of amides is 1. The van der Waals surface area contributed by atoms with Crippen molar-refractivity contribution >= 4 is 16.8 Å². The highest BCUT2D eigenvalue weighted by molar-refractivity contribution is 5.97. The number of carbonyl (C=O) groups is 1. The van der Waals surface area contributed by atoms with Crippen molar-refractivity contribution in [1.82, 2.24) is 24.3 Å². The number of carbonyl (C=O) groups excluding carboxylic acids is 1. The van der Waals surface area contributed by atoms with E-state index in [4.69, 9.17) is 0 Å². The Balaban J connectivity index is 1.60. The van der Waals surface area contributed by atoms with E-state index in [0.29, 0.717) is 29.4 Å². The summed E-state index contributed by atoms with van der Waals surface area (Å²) < 4.78 is 1.45. The molecule has 7 heteroatoms. The highest BCUT2D eigenvalue weighted by Crippen LogP contribution is 2.21. The maximum atomic E-state index is 13.6. The van der Waals surface area contributed by atoms with Crippen LogP contribution in [-0.2, 0) is 13.5 Å². The van der Waals surface area contributed by atoms with Gasteiger partial charge in [-0.25, -0.2) is 4.98 Å². The van der Waals surface area contributed by atoms with Crippen molar-refractivity contribution in [2.45, 2.75) is 32.2 Å². The van der Waals surface area contributed by atoms with E-state index < -0.39 is 0 Å². The number of likely N-dealkylation sites (tertiary alicyclic amines) is 1. The van der Waals surface area contributed by atoms with Gasteiger partial charge in [0, 0.05) is 56.6 Å². The molecular formula is C24H29N5O2. The van der Waals surface area contributed by atoms with Crippen LogP contribution in [0.1, 0.15) is 35.8 Å². The average molecular weight is 420 g/mol. The number of aromatic nitrogens is 3. The van der Waals surface area contributed by atoms with Gasteiger partial charge in [0.05, 0.1) is 17.2 Å². The summed E-state index contributed by atoms with van der Waals surface area (Å²) >= 11 is 0. The first kappa shape index (κ1) is 21.2. The van der Waals surface area contributed by atoms with Crippen molar-refractivity contribution in [3.05, 3.63) is 70.5 Å². The van der Waals surface area contributed by atoms with Crippen molar-refractivity contribution in [1.29, 1.82) is 0 Å². The van der Waals surface area contributed by atoms with Crippen LogP contribution in [0.15, 0.2) is 53.7 Å². The quantitative estimate of drug-likeness (QED) is 0.614. The molecule has 1 aliphatic heterocycles. The molecule has 4 rings (SSSR count). The fraction of sp³-hybridized carbons (Fsp3) is 0.417. The number of aryl methyl sites for hydroxylation is 1. The largest absolute Gasteiger partial charge is 0.335 e. The van der Waals surface area contributed by atoms with Gasteiger partial charge in [-0.2, -0.15) is 0 Å². The number of fused-ring (bicyclic) bond motifs is 1. The van der Waals surface area contributed by atoms with Crippen LogP contribution >= 0.6 is 0 Å². The zero-order chi connectivity index (χ0) is 21.8. The second-order valence-corrected chi connectivity index (χ2v) is 8.13. The Morgan fingerprint density at radius 2 is 1.97 bits per heavy atom. The van der Waals surface area contributed by atoms with Crippen molar-refractivity contribution in [3.8, 4) is 0 Å². The number of piperidine rings is 1. The third-order valence-corrected chi connectivity index (χ3v) is 6.21. The fourth-order valence-corrected chi connectivity index (χ4v) is 4.29. The van der Waals surface area contributed by atoms with Gasteiger partial charge in [-0.1, -0.05) is 13.0 Å². The lowest BCUT2D eigenvalue weighted by Gasteiger charge is -2.38. The molecule has 1 amide bonds. The molecule has 0 N–H and O–H groups in total. The number of pyridine rings is 1. The van der Waals surface area contributed by atoms with Gasteiger partial charge in [-0.3, -0.25) is 14.6 Å². The van der Waals surface area contributed by atoms with E-state index in [1.54, 1.807) is 31.4 Å². The van der Waals surface area contributed by atoms with Gasteiger partial charge < -0.3 is 14.4 Å². The van der Waals surface area contributed by atoms with Gasteiger partial charge in [0.15, 0.2) is 0 Å². The lowest BCUT2D eigenvalue weighted by atomic mass is 10.0. The predicted octanol–water partition coefficient (Wildman–Crippen LogP) is 2.50. The minimum atomic E-state index is -0.108. The lowest BCUT2D eigenvalue weighted by Crippen LogP contribution is -2.48. The second-order valence-electron chi connectivity index (χ2n) is 8.13. The summed E-state index contributed by atoms with van der Waals surface area (Å²) in [4.78, 5) is 39.1. The first-order chi connectivity index (χ1) is 15.1. The van der Waals surface area contributed by atoms with Crippen LogP contribution in [0.3, 0.4) is 0 Å². The van der Waals surface area contributed by atoms with Gasteiger partial charge in [0.25, 0.3) is 11.5 Å². The Bertz CT molecular complexity index is 1100. The van der Waals surface area contributed by atoms with Crippen LogP contribution < -0.4 is 5.56 Å². The predicted molar refractivity (Wildman–Crippen MR) is 121 cm³/mol. The van der Waals surface area contributed by atoms with Crippen molar-refractivity contribution in [3.63, 3.8) is 0 Å². The molecule has 0 aliphatic carbocycles. The first-order valence-electron chi connectivity index (χ1n) is 11.0. The molecule has 1 aromatic carbocycles. The number of nitrogens with zero attached hydrogens (tertiary/aromatic N) is 5. The maximum Gasteiger partial charge on any atom is 0.260 e. The van der Waals surface area contributed by atoms with Crippen LogP contribution in [0.4, 0.5) is 0 Å². The molecule has 0 saturated carbocycles. The summed E-state index contributed by atoms with van der Waals surface area (Å²) in [6, 6.07) is 11.3. The molecule has 0 bridgehead atoms. The van der Waals surface area contributed by atoms with E-state index in [2.05, 4.69) is 21.8 Å². The summed E-state index contributed by atoms with van der Waals surface area (Å²) in [5.41, 5.74) is 2.00. The molecule has 1 saturated heterocycles. The molecule has 0 unspecified atom stereocenters. The van der Waals surface area contributed by atoms with Crippen LogP contribution in [-0.4, -0.2) is 62.5 Å². The zero-order valence-corrected chi connectivity index (χ0v) is 18.2. The maximum absolute atomic E-state index is 13.6. The standard InChI is InChI=1S/C24H29N5O2/c1-3-28-13-10-20(11-14-28)29(15-9-19-6-4-5-12-25-19)23(30)18-7-8-21-22(16-18)26-17-27(2)24(21)31/h4-8,12,16-17,20H,3,9-11,13-15H2,1-2H3. The fourth-order valence-electron chi connectivity index (χ4n) is 4.29. The normalized spacial score (nSPS) is 15.3. The van der Waals surface area contributed by atoms with E-state index in [1.807, 2.05) is 23.1 Å². The van der Waals surface area contributed by atoms with Gasteiger partial charge in [-0.15, -0.1) is 0 Å². The van der Waals surface area contributed by atoms with E-state index in [-0.39, 0.29) is 17.5 Å². The Kier molecular flexibility index (Phi) is 6.42. The number of benzene rings is 1. The Morgan fingerprint density at radius 3 is 2.68 bits per heavy atom. The molecule has 2 aromatic heterocycles. The van der Waals surface area contributed by atoms with Gasteiger partial charge in [-0.05, 0) is 49.7 Å². The zero-order valence-electron chi connectivity index (χ0n) is 18.2. The molecule has 0 radical (unpaired) electrons. The molecule has 3 heterocycles. The molecular weight excluding hydrogens is 390 g/mol. The summed E-state index contributed by atoms with van der Waals surface area (Å²) in [5, 5.41) is 0.526. The third kappa shape index (κ3) is 4.66. The van der Waals surface area contributed by atoms with Crippen LogP contribution in [0, 0.1) is 0 Å². The molecule has 162 valence electrons. The molecule has 3 aromatic rings. The summed E-state index contributed by atoms with van der Waals surface area (Å²) in [5.74, 6) is -0.00439. The third-order valence-electron chi connectivity index (χ3n) is 6.21. The summed E-state index contributed by atoms with van der Waals surface area (Å²) in [7, 11) is 1.68. The summed E-state index contributed by atoms with van der Waals surface area (Å²) in [6.45, 7) is 5.85. The Morgan fingerprint density at radius 1 is 1.16 bits per heavy atom. The highest BCUT2D eigenvalue weighted by Gasteiger charge is 2.28. The van der Waals surface area contributed by atoms with Crippen molar-refractivity contribution in [2.75, 3.05) is 26.2 Å². The van der Waals surface area contributed by atoms with Gasteiger partial charge in [0.1, 0.15) is 0 Å². The topological polar surface area (TPSA) is 71.3 Å². The molecule has 7 nitrogen and oxygen atoms in total. The summed E-state index contributed by atoms with van der Waals surface area (Å²) in [6.07, 6.45) is 5.93. The minimum absolute atomic E-state index is 0.00439. The van der Waals surface area contributed by atoms with E-state index in [0.717, 1.165) is 38.2 Å². The van der Waals surface area contributed by atoms with Gasteiger partial charge >= 0.3 is 0 Å². The smallest absolute Gasteiger partial charge is 0.260 e. The monoisotopic (exact) mass is 419 g/mol. The molecule has 0 atom stereocenters. The Hall–Kier alpha value is -3.06. The van der Waals surface area contributed by atoms with Crippen molar-refractivity contribution < 1.29 is 4.79 Å². The van der Waals surface area contributed by atoms with Crippen LogP contribution in [0.5, 0.6) is 0 Å². The highest BCUT2D eigenvalue weighted by atomic mass is 16.2. The Labute approximate surface area is 182 Å². The van der Waals surface area contributed by atoms with Crippen molar-refractivity contribution in [2.24, 2.45) is 7.05 Å². The second kappa shape index (κ2) is 9.39. The van der Waals surface area contributed by atoms with E-state index in [1.165, 1.54) is 10.9 Å². The lowest BCUT2D eigenvalue weighted by molar-refractivity contribution is 0.0579. The SMILES string of the molecule is CCN1CCC(N(CCc2ccccn2)C(=O)c2ccc3c(=O)n(C)cnc3c2)CC1. The van der Waals surface area contributed by atoms with Crippen LogP contribution in [0.2, 0.25) is 0 Å². The van der Waals surface area contributed by atoms with Crippen LogP contribution in [0.25, 0.3) is 10.9 Å². The first-order valence-corrected chi connectivity index (χ1v) is 11.0. The number of hydrogen-bond acceptors (Lipinski definition) is 5. The number of rotatable bonds is 6. The minimum Gasteiger partial charge on any atom is -0.335 e. The number of hydrogen-bond donors (Lipinski definition) is 0. The molecule has 1 aliphatic rings. The average Bonchev–Trinajstić information content (AvgIpc) is 2.82. The van der Waals surface area contributed by atoms with E-state index in [9.17, 15) is 9.59 Å². The van der Waals surface area contributed by atoms with Gasteiger partial charge in [0.2, 0.25) is 0 Å².